The maximum Gasteiger partial charge on any atom is 0.439 e. The zero-order valence-electron chi connectivity index (χ0n) is 22.0. The molecule has 0 saturated carbocycles. The second-order valence-corrected chi connectivity index (χ2v) is 9.86. The van der Waals surface area contributed by atoms with Gasteiger partial charge in [-0.25, -0.2) is 14.6 Å². The Hall–Kier alpha value is -5.86. The van der Waals surface area contributed by atoms with Crippen LogP contribution in [0.2, 0.25) is 0 Å². The number of oxazole rings is 1. The molecule has 0 unspecified atom stereocenters. The fourth-order valence-electron chi connectivity index (χ4n) is 5.16. The Balaban J connectivity index is 1.10. The number of carbonyl (C=O) groups excluding carboxylic acids is 2. The van der Waals surface area contributed by atoms with Crippen molar-refractivity contribution in [3.63, 3.8) is 0 Å². The molecule has 2 amide bonds. The minimum atomic E-state index is -0.634. The third-order valence-corrected chi connectivity index (χ3v) is 7.28. The third kappa shape index (κ3) is 4.32. The molecule has 1 aliphatic rings. The molecule has 1 aliphatic carbocycles. The number of aromatic nitrogens is 7. The molecular weight excluding hydrogens is 546 g/mol. The van der Waals surface area contributed by atoms with Crippen LogP contribution in [-0.2, 0) is 20.0 Å². The first-order valence-electron chi connectivity index (χ1n) is 12.9. The number of carbonyl (C=O) groups is 2. The molecule has 0 aliphatic heterocycles. The number of nitrogens with zero attached hydrogens (tertiary/aromatic N) is 6. The van der Waals surface area contributed by atoms with Gasteiger partial charge in [-0.2, -0.15) is 4.52 Å². The first-order chi connectivity index (χ1) is 20.3. The molecule has 4 heterocycles. The molecule has 0 saturated heterocycles. The van der Waals surface area contributed by atoms with Crippen molar-refractivity contribution in [3.05, 3.63) is 97.8 Å². The van der Waals surface area contributed by atoms with Crippen LogP contribution >= 0.6 is 0 Å². The van der Waals surface area contributed by atoms with Crippen LogP contribution in [0.25, 0.3) is 28.1 Å². The Morgan fingerprint density at radius 1 is 1.12 bits per heavy atom. The fourth-order valence-corrected chi connectivity index (χ4v) is 5.16. The van der Waals surface area contributed by atoms with E-state index in [-0.39, 0.29) is 29.6 Å². The number of H-pyrrole nitrogens is 1. The van der Waals surface area contributed by atoms with Crippen LogP contribution < -0.4 is 22.1 Å². The SMILES string of the molecule is Cn1c(=O)oc2ccc(CNC(=O)c3cc(C(=O)N[C@H]4CCc5cc(-c6noc(=O)[nH]6)ccc54)nc4cnnn34)cc21. The Kier molecular flexibility index (Phi) is 5.78. The van der Waals surface area contributed by atoms with Crippen LogP contribution in [-0.4, -0.2) is 46.3 Å². The highest BCUT2D eigenvalue weighted by Crippen LogP contribution is 2.33. The molecule has 6 aromatic rings. The lowest BCUT2D eigenvalue weighted by Crippen LogP contribution is -2.30. The number of aromatic amines is 1. The number of benzene rings is 2. The van der Waals surface area contributed by atoms with E-state index in [1.807, 2.05) is 12.1 Å². The van der Waals surface area contributed by atoms with Crippen molar-refractivity contribution >= 4 is 28.6 Å². The molecule has 210 valence electrons. The van der Waals surface area contributed by atoms with Gasteiger partial charge in [-0.05, 0) is 47.7 Å². The van der Waals surface area contributed by atoms with E-state index in [9.17, 15) is 19.2 Å². The van der Waals surface area contributed by atoms with Crippen molar-refractivity contribution < 1.29 is 18.5 Å². The van der Waals surface area contributed by atoms with Crippen LogP contribution in [0.1, 0.15) is 50.1 Å². The maximum absolute atomic E-state index is 13.3. The predicted octanol–water partition coefficient (Wildman–Crippen LogP) is 1.26. The van der Waals surface area contributed by atoms with E-state index in [1.165, 1.54) is 21.3 Å². The standard InChI is InChI=1S/C27H21N9O6/c1-35-19-8-13(2-7-21(19)41-27(35)40)11-28-25(38)20-10-18(30-22-12-29-34-36(20)22)24(37)31-17-6-4-14-9-15(3-5-16(14)17)23-32-26(39)42-33-23/h2-3,5,7-10,12,17H,4,6,11H2,1H3,(H,28,38)(H,31,37)(H,32,33,39)/t17-/m0/s1. The van der Waals surface area contributed by atoms with Gasteiger partial charge in [0.05, 0.1) is 17.8 Å². The van der Waals surface area contributed by atoms with Crippen molar-refractivity contribution in [3.8, 4) is 11.4 Å². The van der Waals surface area contributed by atoms with Crippen molar-refractivity contribution in [2.24, 2.45) is 7.05 Å². The molecule has 1 atom stereocenters. The number of nitrogens with one attached hydrogen (secondary N) is 3. The van der Waals surface area contributed by atoms with E-state index < -0.39 is 23.3 Å². The molecule has 0 fully saturated rings. The van der Waals surface area contributed by atoms with Crippen LogP contribution in [0.3, 0.4) is 0 Å². The van der Waals surface area contributed by atoms with Gasteiger partial charge < -0.3 is 15.1 Å². The van der Waals surface area contributed by atoms with Crippen LogP contribution in [0.5, 0.6) is 0 Å². The Morgan fingerprint density at radius 2 is 2.00 bits per heavy atom. The van der Waals surface area contributed by atoms with Crippen LogP contribution in [0.15, 0.2) is 67.2 Å². The first kappa shape index (κ1) is 25.1. The summed E-state index contributed by atoms with van der Waals surface area (Å²) in [6, 6.07) is 11.8. The number of hydrogen-bond donors (Lipinski definition) is 3. The maximum atomic E-state index is 13.3. The molecule has 15 heteroatoms. The van der Waals surface area contributed by atoms with E-state index in [0.29, 0.717) is 35.3 Å². The summed E-state index contributed by atoms with van der Waals surface area (Å²) in [5, 5.41) is 17.3. The minimum absolute atomic E-state index is 0.0370. The van der Waals surface area contributed by atoms with Crippen molar-refractivity contribution in [2.45, 2.75) is 25.4 Å². The largest absolute Gasteiger partial charge is 0.439 e. The number of amides is 2. The average molecular weight is 568 g/mol. The summed E-state index contributed by atoms with van der Waals surface area (Å²) in [4.78, 5) is 56.5. The van der Waals surface area contributed by atoms with Gasteiger partial charge in [-0.1, -0.05) is 28.6 Å². The van der Waals surface area contributed by atoms with Gasteiger partial charge in [0.25, 0.3) is 11.8 Å². The molecule has 7 rings (SSSR count). The van der Waals surface area contributed by atoms with Gasteiger partial charge in [0, 0.05) is 25.2 Å². The van der Waals surface area contributed by atoms with E-state index in [2.05, 4.69) is 40.6 Å². The summed E-state index contributed by atoms with van der Waals surface area (Å²) in [5.41, 5.74) is 4.81. The summed E-state index contributed by atoms with van der Waals surface area (Å²) in [5.74, 6) is -1.72. The normalized spacial score (nSPS) is 14.4. The van der Waals surface area contributed by atoms with Gasteiger partial charge in [0.2, 0.25) is 0 Å². The Labute approximate surface area is 234 Å². The molecule has 42 heavy (non-hydrogen) atoms. The molecule has 0 radical (unpaired) electrons. The Morgan fingerprint density at radius 3 is 2.83 bits per heavy atom. The number of fused-ring (bicyclic) bond motifs is 3. The van der Waals surface area contributed by atoms with Gasteiger partial charge in [0.15, 0.2) is 17.1 Å². The lowest BCUT2D eigenvalue weighted by Gasteiger charge is -2.15. The minimum Gasteiger partial charge on any atom is -0.408 e. The first-order valence-corrected chi connectivity index (χ1v) is 12.9. The van der Waals surface area contributed by atoms with E-state index in [1.54, 1.807) is 31.3 Å². The highest BCUT2D eigenvalue weighted by molar-refractivity contribution is 5.98. The molecule has 15 nitrogen and oxygen atoms in total. The molecule has 0 bridgehead atoms. The van der Waals surface area contributed by atoms with Crippen molar-refractivity contribution in [1.82, 2.24) is 45.2 Å². The summed E-state index contributed by atoms with van der Waals surface area (Å²) in [6.07, 6.45) is 2.74. The summed E-state index contributed by atoms with van der Waals surface area (Å²) >= 11 is 0. The molecule has 4 aromatic heterocycles. The second-order valence-electron chi connectivity index (χ2n) is 9.86. The lowest BCUT2D eigenvalue weighted by atomic mass is 10.0. The lowest BCUT2D eigenvalue weighted by molar-refractivity contribution is 0.0931. The van der Waals surface area contributed by atoms with Gasteiger partial charge in [-0.3, -0.25) is 23.7 Å². The summed E-state index contributed by atoms with van der Waals surface area (Å²) in [6.45, 7) is 0.150. The molecule has 3 N–H and O–H groups in total. The highest BCUT2D eigenvalue weighted by atomic mass is 16.5. The molecule has 0 spiro atoms. The quantitative estimate of drug-likeness (QED) is 0.264. The van der Waals surface area contributed by atoms with Crippen molar-refractivity contribution in [2.75, 3.05) is 0 Å². The second kappa shape index (κ2) is 9.65. The monoisotopic (exact) mass is 567 g/mol. The smallest absolute Gasteiger partial charge is 0.408 e. The zero-order valence-corrected chi connectivity index (χ0v) is 22.0. The van der Waals surface area contributed by atoms with Crippen molar-refractivity contribution in [1.29, 1.82) is 0 Å². The van der Waals surface area contributed by atoms with E-state index in [4.69, 9.17) is 4.42 Å². The Bertz CT molecular complexity index is 2150. The molecule has 2 aromatic carbocycles. The van der Waals surface area contributed by atoms with Gasteiger partial charge in [0.1, 0.15) is 11.4 Å². The fraction of sp³-hybridized carbons (Fsp3) is 0.185. The van der Waals surface area contributed by atoms with Crippen LogP contribution in [0, 0.1) is 0 Å². The highest BCUT2D eigenvalue weighted by Gasteiger charge is 2.27. The van der Waals surface area contributed by atoms with E-state index >= 15 is 0 Å². The topological polar surface area (TPSA) is 195 Å². The van der Waals surface area contributed by atoms with Gasteiger partial charge in [-0.15, -0.1) is 5.10 Å². The summed E-state index contributed by atoms with van der Waals surface area (Å²) in [7, 11) is 1.60. The molecular formula is C27H21N9O6. The van der Waals surface area contributed by atoms with Crippen LogP contribution in [0.4, 0.5) is 0 Å². The van der Waals surface area contributed by atoms with Gasteiger partial charge >= 0.3 is 11.5 Å². The predicted molar refractivity (Wildman–Crippen MR) is 144 cm³/mol. The number of rotatable bonds is 6. The number of hydrogen-bond acceptors (Lipinski definition) is 10. The average Bonchev–Trinajstić information content (AvgIpc) is 3.79. The summed E-state index contributed by atoms with van der Waals surface area (Å²) < 4.78 is 12.4. The zero-order chi connectivity index (χ0) is 29.0. The number of aryl methyl sites for hydroxylation is 2. The third-order valence-electron chi connectivity index (χ3n) is 7.28. The van der Waals surface area contributed by atoms with E-state index in [0.717, 1.165) is 16.7 Å².